The van der Waals surface area contributed by atoms with Crippen molar-refractivity contribution in [2.24, 2.45) is 9.98 Å². The summed E-state index contributed by atoms with van der Waals surface area (Å²) in [7, 11) is 0. The van der Waals surface area contributed by atoms with E-state index in [0.717, 1.165) is 56.9 Å². The minimum Gasteiger partial charge on any atom is -0.344 e. The average Bonchev–Trinajstić information content (AvgIpc) is 3.65. The van der Waals surface area contributed by atoms with Gasteiger partial charge < -0.3 is 5.32 Å². The number of amidine groups is 2. The molecule has 1 aliphatic heterocycles. The van der Waals surface area contributed by atoms with Gasteiger partial charge in [-0.15, -0.1) is 11.3 Å². The van der Waals surface area contributed by atoms with Gasteiger partial charge in [0.05, 0.1) is 5.69 Å². The van der Waals surface area contributed by atoms with Gasteiger partial charge in [0.2, 0.25) is 0 Å². The third-order valence-electron chi connectivity index (χ3n) is 11.0. The first kappa shape index (κ1) is 31.8. The molecule has 0 fully saturated rings. The van der Waals surface area contributed by atoms with E-state index < -0.39 is 0 Å². The number of pyridine rings is 1. The van der Waals surface area contributed by atoms with Crippen molar-refractivity contribution in [3.63, 3.8) is 0 Å². The van der Waals surface area contributed by atoms with Gasteiger partial charge in [-0.2, -0.15) is 0 Å². The van der Waals surface area contributed by atoms with Gasteiger partial charge in [0.15, 0.2) is 5.84 Å². The Hall–Kier alpha value is -6.69. The van der Waals surface area contributed by atoms with Crippen LogP contribution in [0.3, 0.4) is 0 Å². The van der Waals surface area contributed by atoms with E-state index in [2.05, 4.69) is 175 Å². The number of aliphatic imine (C=N–C) groups is 2. The Balaban J connectivity index is 0.979. The second-order valence-electron chi connectivity index (χ2n) is 14.3. The number of benzene rings is 7. The largest absolute Gasteiger partial charge is 0.344 e. The molecule has 1 atom stereocenters. The fraction of sp³-hybridized carbons (Fsp3) is 0.0600. The molecule has 9 aromatic rings. The quantitative estimate of drug-likeness (QED) is 0.180. The Morgan fingerprint density at radius 2 is 1.27 bits per heavy atom. The van der Waals surface area contributed by atoms with Crippen LogP contribution in [0.4, 0.5) is 0 Å². The molecule has 1 unspecified atom stereocenters. The zero-order valence-electron chi connectivity index (χ0n) is 29.9. The van der Waals surface area contributed by atoms with E-state index in [1.54, 1.807) is 11.3 Å². The van der Waals surface area contributed by atoms with Crippen LogP contribution in [-0.2, 0) is 0 Å². The highest BCUT2D eigenvalue weighted by molar-refractivity contribution is 7.25. The lowest BCUT2D eigenvalue weighted by atomic mass is 9.97. The van der Waals surface area contributed by atoms with E-state index in [9.17, 15) is 0 Å². The normalized spacial score (nSPS) is 15.7. The van der Waals surface area contributed by atoms with Crippen LogP contribution in [0.2, 0.25) is 0 Å². The molecule has 11 rings (SSSR count). The molecule has 0 spiro atoms. The highest BCUT2D eigenvalue weighted by atomic mass is 32.1. The Bertz CT molecular complexity index is 3130. The number of nitrogens with zero attached hydrogens (tertiary/aromatic N) is 3. The van der Waals surface area contributed by atoms with E-state index in [0.29, 0.717) is 5.84 Å². The number of hydrogen-bond donors (Lipinski definition) is 1. The first-order valence-electron chi connectivity index (χ1n) is 18.9. The maximum Gasteiger partial charge on any atom is 0.159 e. The summed E-state index contributed by atoms with van der Waals surface area (Å²) in [4.78, 5) is 16.8. The summed E-state index contributed by atoms with van der Waals surface area (Å²) in [5, 5.41) is 13.6. The van der Waals surface area contributed by atoms with E-state index in [-0.39, 0.29) is 6.17 Å². The number of thiophene rings is 1. The van der Waals surface area contributed by atoms with Crippen LogP contribution in [0.25, 0.3) is 75.0 Å². The lowest BCUT2D eigenvalue weighted by Crippen LogP contribution is -2.40. The highest BCUT2D eigenvalue weighted by Crippen LogP contribution is 2.41. The van der Waals surface area contributed by atoms with Crippen molar-refractivity contribution in [1.82, 2.24) is 10.3 Å². The van der Waals surface area contributed by atoms with Crippen molar-refractivity contribution < 1.29 is 0 Å². The smallest absolute Gasteiger partial charge is 0.159 e. The standard InChI is InChI=1S/C50H34N4S/c1-2-12-33(13-3-1)47-52-48(34-24-21-31(22-25-34)35-27-28-40-36(29-35)26-23-32-11-4-5-16-39(32)40)54-49(53-47)38-15-10-14-37(30-38)46-42-18-7-6-17-41(42)45-43-19-8-9-20-44(43)55-50(45)51-46/h2,4-30,47H,1,3H2,(H,52,53,54). The SMILES string of the molecule is C1=CC(C2N=C(c3cccc(-c4nc5sc6ccccc6c5c5ccccc45)c3)N=C(c3ccc(-c4ccc5c(ccc6ccccc65)c4)cc3)N2)=CCC1. The summed E-state index contributed by atoms with van der Waals surface area (Å²) >= 11 is 1.75. The third-order valence-corrected chi connectivity index (χ3v) is 12.0. The zero-order chi connectivity index (χ0) is 36.3. The fourth-order valence-corrected chi connectivity index (χ4v) is 9.31. The van der Waals surface area contributed by atoms with Gasteiger partial charge in [0, 0.05) is 37.5 Å². The van der Waals surface area contributed by atoms with Crippen LogP contribution in [0.1, 0.15) is 24.0 Å². The highest BCUT2D eigenvalue weighted by Gasteiger charge is 2.23. The number of rotatable bonds is 5. The van der Waals surface area contributed by atoms with Crippen LogP contribution in [0.5, 0.6) is 0 Å². The maximum absolute atomic E-state index is 5.32. The predicted molar refractivity (Wildman–Crippen MR) is 233 cm³/mol. The maximum atomic E-state index is 5.32. The molecule has 1 N–H and O–H groups in total. The predicted octanol–water partition coefficient (Wildman–Crippen LogP) is 12.6. The molecule has 0 radical (unpaired) electrons. The summed E-state index contributed by atoms with van der Waals surface area (Å²) in [6, 6.07) is 54.4. The summed E-state index contributed by atoms with van der Waals surface area (Å²) < 4.78 is 1.25. The van der Waals surface area contributed by atoms with Crippen molar-refractivity contribution >= 4 is 75.6 Å². The molecule has 0 amide bonds. The van der Waals surface area contributed by atoms with Gasteiger partial charge in [-0.1, -0.05) is 152 Å². The van der Waals surface area contributed by atoms with Gasteiger partial charge in [0.1, 0.15) is 16.8 Å². The first-order chi connectivity index (χ1) is 27.2. The third kappa shape index (κ3) is 5.55. The second-order valence-corrected chi connectivity index (χ2v) is 15.3. The number of aromatic nitrogens is 1. The molecular weight excluding hydrogens is 689 g/mol. The van der Waals surface area contributed by atoms with E-state index in [1.165, 1.54) is 53.5 Å². The number of hydrogen-bond acceptors (Lipinski definition) is 5. The molecule has 2 aliphatic rings. The number of allylic oxidation sites excluding steroid dienone is 2. The van der Waals surface area contributed by atoms with Gasteiger partial charge >= 0.3 is 0 Å². The van der Waals surface area contributed by atoms with Crippen LogP contribution in [-0.4, -0.2) is 22.8 Å². The lowest BCUT2D eigenvalue weighted by molar-refractivity contribution is 0.721. The van der Waals surface area contributed by atoms with Gasteiger partial charge in [-0.05, 0) is 74.7 Å². The van der Waals surface area contributed by atoms with Crippen LogP contribution in [0.15, 0.2) is 185 Å². The van der Waals surface area contributed by atoms with E-state index in [1.807, 2.05) is 0 Å². The van der Waals surface area contributed by atoms with E-state index >= 15 is 0 Å². The molecule has 7 aromatic carbocycles. The first-order valence-corrected chi connectivity index (χ1v) is 19.7. The summed E-state index contributed by atoms with van der Waals surface area (Å²) in [6.45, 7) is 0. The molecule has 2 aromatic heterocycles. The number of nitrogens with one attached hydrogen (secondary N) is 1. The topological polar surface area (TPSA) is 49.6 Å². The summed E-state index contributed by atoms with van der Waals surface area (Å²) in [5.74, 6) is 1.52. The minimum absolute atomic E-state index is 0.244. The monoisotopic (exact) mass is 722 g/mol. The molecule has 0 saturated carbocycles. The molecule has 0 saturated heterocycles. The molecule has 3 heterocycles. The average molecular weight is 723 g/mol. The van der Waals surface area contributed by atoms with Crippen LogP contribution in [0, 0.1) is 0 Å². The Morgan fingerprint density at radius 3 is 2.15 bits per heavy atom. The van der Waals surface area contributed by atoms with Crippen LogP contribution >= 0.6 is 11.3 Å². The Kier molecular flexibility index (Phi) is 7.52. The number of fused-ring (bicyclic) bond motifs is 8. The van der Waals surface area contributed by atoms with Crippen molar-refractivity contribution in [2.75, 3.05) is 0 Å². The molecule has 5 heteroatoms. The van der Waals surface area contributed by atoms with Crippen molar-refractivity contribution in [3.8, 4) is 22.4 Å². The van der Waals surface area contributed by atoms with Crippen LogP contribution < -0.4 is 5.32 Å². The summed E-state index contributed by atoms with van der Waals surface area (Å²) in [6.07, 6.45) is 8.54. The molecule has 260 valence electrons. The zero-order valence-corrected chi connectivity index (χ0v) is 30.7. The van der Waals surface area contributed by atoms with Crippen molar-refractivity contribution in [2.45, 2.75) is 19.0 Å². The molecule has 0 bridgehead atoms. The van der Waals surface area contributed by atoms with Crippen molar-refractivity contribution in [3.05, 3.63) is 187 Å². The molecular formula is C50H34N4S. The minimum atomic E-state index is -0.244. The Morgan fingerprint density at radius 1 is 0.545 bits per heavy atom. The van der Waals surface area contributed by atoms with Crippen molar-refractivity contribution in [1.29, 1.82) is 0 Å². The molecule has 55 heavy (non-hydrogen) atoms. The summed E-state index contributed by atoms with van der Waals surface area (Å²) in [5.41, 5.74) is 7.53. The molecule has 1 aliphatic carbocycles. The second kappa shape index (κ2) is 13.0. The fourth-order valence-electron chi connectivity index (χ4n) is 8.21. The van der Waals surface area contributed by atoms with Gasteiger partial charge in [-0.3, -0.25) is 0 Å². The van der Waals surface area contributed by atoms with Gasteiger partial charge in [-0.25, -0.2) is 15.0 Å². The lowest BCUT2D eigenvalue weighted by Gasteiger charge is -2.25. The molecule has 4 nitrogen and oxygen atoms in total. The van der Waals surface area contributed by atoms with E-state index in [4.69, 9.17) is 15.0 Å². The Labute approximate surface area is 322 Å². The van der Waals surface area contributed by atoms with Gasteiger partial charge in [0.25, 0.3) is 0 Å².